The third-order valence-electron chi connectivity index (χ3n) is 4.56. The summed E-state index contributed by atoms with van der Waals surface area (Å²) in [4.78, 5) is 0. The SMILES string of the molecule is CC(C)NCC1(OCC2CCOCC2)CCCCC1. The van der Waals surface area contributed by atoms with E-state index in [9.17, 15) is 0 Å². The van der Waals surface area contributed by atoms with Crippen LogP contribution in [-0.4, -0.2) is 38.0 Å². The van der Waals surface area contributed by atoms with E-state index in [1.807, 2.05) is 0 Å². The molecular formula is C16H31NO2. The van der Waals surface area contributed by atoms with Crippen molar-refractivity contribution >= 4 is 0 Å². The van der Waals surface area contributed by atoms with E-state index in [1.54, 1.807) is 0 Å². The average molecular weight is 269 g/mol. The van der Waals surface area contributed by atoms with Crippen molar-refractivity contribution in [2.24, 2.45) is 5.92 Å². The minimum absolute atomic E-state index is 0.112. The van der Waals surface area contributed by atoms with Gasteiger partial charge in [0.2, 0.25) is 0 Å². The van der Waals surface area contributed by atoms with Crippen molar-refractivity contribution in [3.8, 4) is 0 Å². The highest BCUT2D eigenvalue weighted by Gasteiger charge is 2.33. The Kier molecular flexibility index (Phi) is 6.11. The van der Waals surface area contributed by atoms with Crippen LogP contribution in [0.15, 0.2) is 0 Å². The molecule has 19 heavy (non-hydrogen) atoms. The highest BCUT2D eigenvalue weighted by molar-refractivity contribution is 4.87. The maximum atomic E-state index is 6.44. The Morgan fingerprint density at radius 3 is 2.47 bits per heavy atom. The Morgan fingerprint density at radius 2 is 1.84 bits per heavy atom. The van der Waals surface area contributed by atoms with Gasteiger partial charge in [0.05, 0.1) is 12.2 Å². The van der Waals surface area contributed by atoms with Gasteiger partial charge in [0.1, 0.15) is 0 Å². The van der Waals surface area contributed by atoms with E-state index in [4.69, 9.17) is 9.47 Å². The van der Waals surface area contributed by atoms with Crippen LogP contribution in [0.4, 0.5) is 0 Å². The molecule has 3 heteroatoms. The highest BCUT2D eigenvalue weighted by atomic mass is 16.5. The molecule has 1 aliphatic heterocycles. The first-order valence-electron chi connectivity index (χ1n) is 8.15. The Bertz CT molecular complexity index is 243. The molecule has 0 spiro atoms. The molecule has 3 nitrogen and oxygen atoms in total. The van der Waals surface area contributed by atoms with Gasteiger partial charge in [-0.3, -0.25) is 0 Å². The van der Waals surface area contributed by atoms with Crippen molar-refractivity contribution in [2.45, 2.75) is 70.4 Å². The van der Waals surface area contributed by atoms with Crippen LogP contribution < -0.4 is 5.32 Å². The van der Waals surface area contributed by atoms with Crippen LogP contribution in [0.1, 0.15) is 58.8 Å². The summed E-state index contributed by atoms with van der Waals surface area (Å²) in [6, 6.07) is 0.547. The van der Waals surface area contributed by atoms with Crippen LogP contribution in [0.5, 0.6) is 0 Å². The quantitative estimate of drug-likeness (QED) is 0.803. The zero-order chi connectivity index (χ0) is 13.6. The molecule has 112 valence electrons. The van der Waals surface area contributed by atoms with Gasteiger partial charge in [0.15, 0.2) is 0 Å². The molecule has 2 fully saturated rings. The Labute approximate surface area is 118 Å². The largest absolute Gasteiger partial charge is 0.381 e. The number of hydrogen-bond acceptors (Lipinski definition) is 3. The van der Waals surface area contributed by atoms with Gasteiger partial charge in [0.25, 0.3) is 0 Å². The van der Waals surface area contributed by atoms with Gasteiger partial charge in [-0.2, -0.15) is 0 Å². The highest BCUT2D eigenvalue weighted by Crippen LogP contribution is 2.32. The molecule has 2 rings (SSSR count). The monoisotopic (exact) mass is 269 g/mol. The lowest BCUT2D eigenvalue weighted by atomic mass is 9.84. The van der Waals surface area contributed by atoms with Crippen molar-refractivity contribution in [1.29, 1.82) is 0 Å². The summed E-state index contributed by atoms with van der Waals surface area (Å²) >= 11 is 0. The molecule has 1 saturated carbocycles. The first-order valence-corrected chi connectivity index (χ1v) is 8.15. The molecule has 0 amide bonds. The van der Waals surface area contributed by atoms with E-state index >= 15 is 0 Å². The summed E-state index contributed by atoms with van der Waals surface area (Å²) in [7, 11) is 0. The minimum Gasteiger partial charge on any atom is -0.381 e. The van der Waals surface area contributed by atoms with Gasteiger partial charge < -0.3 is 14.8 Å². The Balaban J connectivity index is 1.81. The standard InChI is InChI=1S/C16H31NO2/c1-14(2)17-13-16(8-4-3-5-9-16)19-12-15-6-10-18-11-7-15/h14-15,17H,3-13H2,1-2H3. The molecule has 0 aromatic rings. The van der Waals surface area contributed by atoms with Crippen molar-refractivity contribution in [3.63, 3.8) is 0 Å². The normalized spacial score (nSPS) is 24.8. The third-order valence-corrected chi connectivity index (χ3v) is 4.56. The summed E-state index contributed by atoms with van der Waals surface area (Å²) in [5.74, 6) is 0.714. The fourth-order valence-corrected chi connectivity index (χ4v) is 3.17. The van der Waals surface area contributed by atoms with Gasteiger partial charge in [-0.05, 0) is 31.6 Å². The van der Waals surface area contributed by atoms with Gasteiger partial charge in [-0.25, -0.2) is 0 Å². The maximum absolute atomic E-state index is 6.44. The van der Waals surface area contributed by atoms with Gasteiger partial charge >= 0.3 is 0 Å². The molecule has 0 radical (unpaired) electrons. The molecule has 0 atom stereocenters. The molecule has 0 aromatic carbocycles. The zero-order valence-electron chi connectivity index (χ0n) is 12.7. The van der Waals surface area contributed by atoms with Crippen molar-refractivity contribution < 1.29 is 9.47 Å². The summed E-state index contributed by atoms with van der Waals surface area (Å²) < 4.78 is 11.9. The molecule has 1 heterocycles. The van der Waals surface area contributed by atoms with E-state index in [-0.39, 0.29) is 5.60 Å². The van der Waals surface area contributed by atoms with Crippen LogP contribution in [0.2, 0.25) is 0 Å². The molecule has 2 aliphatic rings. The lowest BCUT2D eigenvalue weighted by molar-refractivity contribution is -0.0936. The van der Waals surface area contributed by atoms with Crippen LogP contribution in [0, 0.1) is 5.92 Å². The second-order valence-corrected chi connectivity index (χ2v) is 6.65. The van der Waals surface area contributed by atoms with Crippen molar-refractivity contribution in [1.82, 2.24) is 5.32 Å². The number of hydrogen-bond donors (Lipinski definition) is 1. The van der Waals surface area contributed by atoms with Gasteiger partial charge in [-0.15, -0.1) is 0 Å². The van der Waals surface area contributed by atoms with E-state index < -0.39 is 0 Å². The van der Waals surface area contributed by atoms with E-state index in [1.165, 1.54) is 44.9 Å². The predicted molar refractivity (Wildman–Crippen MR) is 78.4 cm³/mol. The molecular weight excluding hydrogens is 238 g/mol. The first-order chi connectivity index (χ1) is 9.20. The molecule has 0 unspecified atom stereocenters. The van der Waals surface area contributed by atoms with Gasteiger partial charge in [0, 0.05) is 25.8 Å². The van der Waals surface area contributed by atoms with Gasteiger partial charge in [-0.1, -0.05) is 33.1 Å². The summed E-state index contributed by atoms with van der Waals surface area (Å²) in [6.45, 7) is 8.23. The predicted octanol–water partition coefficient (Wildman–Crippen LogP) is 3.13. The maximum Gasteiger partial charge on any atom is 0.0806 e. The Morgan fingerprint density at radius 1 is 1.16 bits per heavy atom. The molecule has 1 saturated heterocycles. The van der Waals surface area contributed by atoms with E-state index in [2.05, 4.69) is 19.2 Å². The second kappa shape index (κ2) is 7.61. The first kappa shape index (κ1) is 15.3. The molecule has 0 bridgehead atoms. The fraction of sp³-hybridized carbons (Fsp3) is 1.00. The third kappa shape index (κ3) is 5.05. The topological polar surface area (TPSA) is 30.5 Å². The fourth-order valence-electron chi connectivity index (χ4n) is 3.17. The van der Waals surface area contributed by atoms with E-state index in [0.29, 0.717) is 12.0 Å². The number of rotatable bonds is 6. The Hall–Kier alpha value is -0.120. The van der Waals surface area contributed by atoms with Crippen molar-refractivity contribution in [3.05, 3.63) is 0 Å². The van der Waals surface area contributed by atoms with Crippen LogP contribution in [0.3, 0.4) is 0 Å². The zero-order valence-corrected chi connectivity index (χ0v) is 12.7. The molecule has 1 N–H and O–H groups in total. The number of ether oxygens (including phenoxy) is 2. The van der Waals surface area contributed by atoms with Crippen LogP contribution in [-0.2, 0) is 9.47 Å². The lowest BCUT2D eigenvalue weighted by Gasteiger charge is -2.39. The van der Waals surface area contributed by atoms with Crippen molar-refractivity contribution in [2.75, 3.05) is 26.4 Å². The van der Waals surface area contributed by atoms with E-state index in [0.717, 1.165) is 26.4 Å². The molecule has 1 aliphatic carbocycles. The number of nitrogens with one attached hydrogen (secondary N) is 1. The summed E-state index contributed by atoms with van der Waals surface area (Å²) in [6.07, 6.45) is 8.85. The van der Waals surface area contributed by atoms with Crippen LogP contribution in [0.25, 0.3) is 0 Å². The smallest absolute Gasteiger partial charge is 0.0806 e. The minimum atomic E-state index is 0.112. The molecule has 0 aromatic heterocycles. The second-order valence-electron chi connectivity index (χ2n) is 6.65. The lowest BCUT2D eigenvalue weighted by Crippen LogP contribution is -2.47. The summed E-state index contributed by atoms with van der Waals surface area (Å²) in [5, 5.41) is 3.59. The average Bonchev–Trinajstić information content (AvgIpc) is 2.45. The summed E-state index contributed by atoms with van der Waals surface area (Å²) in [5.41, 5.74) is 0.112. The van der Waals surface area contributed by atoms with Crippen LogP contribution >= 0.6 is 0 Å².